The van der Waals surface area contributed by atoms with Crippen LogP contribution in [0.15, 0.2) is 42.5 Å². The van der Waals surface area contributed by atoms with E-state index >= 15 is 0 Å². The van der Waals surface area contributed by atoms with Crippen LogP contribution in [0.2, 0.25) is 0 Å². The van der Waals surface area contributed by atoms with Gasteiger partial charge in [-0.1, -0.05) is 6.07 Å². The number of ether oxygens (including phenoxy) is 1. The summed E-state index contributed by atoms with van der Waals surface area (Å²) < 4.78 is 5.77. The summed E-state index contributed by atoms with van der Waals surface area (Å²) in [5.41, 5.74) is 2.60. The van der Waals surface area contributed by atoms with Crippen molar-refractivity contribution in [3.63, 3.8) is 0 Å². The molecule has 214 valence electrons. The first-order chi connectivity index (χ1) is 19.2. The van der Waals surface area contributed by atoms with Gasteiger partial charge >= 0.3 is 0 Å². The highest BCUT2D eigenvalue weighted by Gasteiger charge is 2.53. The Morgan fingerprint density at radius 3 is 2.23 bits per heavy atom. The van der Waals surface area contributed by atoms with E-state index in [2.05, 4.69) is 17.1 Å². The van der Waals surface area contributed by atoms with Gasteiger partial charge < -0.3 is 19.9 Å². The van der Waals surface area contributed by atoms with Gasteiger partial charge in [-0.25, -0.2) is 0 Å². The normalized spacial score (nSPS) is 28.1. The van der Waals surface area contributed by atoms with E-state index in [0.29, 0.717) is 43.2 Å². The molecule has 5 fully saturated rings. The zero-order valence-electron chi connectivity index (χ0n) is 24.0. The highest BCUT2D eigenvalue weighted by Crippen LogP contribution is 2.61. The maximum absolute atomic E-state index is 13.2. The minimum Gasteiger partial charge on any atom is -0.491 e. The molecule has 0 radical (unpaired) electrons. The fourth-order valence-electron chi connectivity index (χ4n) is 8.41. The number of nitrogens with zero attached hydrogens (tertiary/aromatic N) is 3. The van der Waals surface area contributed by atoms with E-state index in [1.165, 1.54) is 38.5 Å². The van der Waals surface area contributed by atoms with Crippen molar-refractivity contribution in [2.75, 3.05) is 36.4 Å². The third kappa shape index (κ3) is 5.25. The van der Waals surface area contributed by atoms with Crippen LogP contribution in [0.1, 0.15) is 69.7 Å². The summed E-state index contributed by atoms with van der Waals surface area (Å²) in [5.74, 6) is 3.21. The minimum atomic E-state index is -0.272. The number of anilines is 2. The van der Waals surface area contributed by atoms with Gasteiger partial charge in [-0.05, 0) is 113 Å². The lowest BCUT2D eigenvalue weighted by Crippen LogP contribution is -2.53. The number of carbonyl (C=O) groups is 1. The van der Waals surface area contributed by atoms with Crippen LogP contribution in [0.5, 0.6) is 5.75 Å². The van der Waals surface area contributed by atoms with Gasteiger partial charge in [0.15, 0.2) is 0 Å². The Bertz CT molecular complexity index is 1230. The average Bonchev–Trinajstić information content (AvgIpc) is 2.91. The fourth-order valence-corrected chi connectivity index (χ4v) is 8.41. The summed E-state index contributed by atoms with van der Waals surface area (Å²) in [6.07, 6.45) is 7.95. The first-order valence-corrected chi connectivity index (χ1v) is 15.0. The lowest BCUT2D eigenvalue weighted by Gasteiger charge is -2.59. The average molecular weight is 547 g/mol. The quantitative estimate of drug-likeness (QED) is 0.306. The van der Waals surface area contributed by atoms with Crippen molar-refractivity contribution in [1.82, 2.24) is 4.90 Å². The summed E-state index contributed by atoms with van der Waals surface area (Å²) in [7, 11) is 0. The van der Waals surface area contributed by atoms with Gasteiger partial charge in [-0.3, -0.25) is 14.9 Å². The molecule has 8 nitrogen and oxygen atoms in total. The van der Waals surface area contributed by atoms with Gasteiger partial charge in [0, 0.05) is 49.5 Å². The van der Waals surface area contributed by atoms with E-state index < -0.39 is 0 Å². The lowest BCUT2D eigenvalue weighted by atomic mass is 9.48. The molecule has 1 unspecified atom stereocenters. The molecular weight excluding hydrogens is 504 g/mol. The standard InChI is InChI=1S/C32H42N4O4/c1-21(2)40-28-6-4-5-26(16-28)31(37)35-11-9-34(10-12-35)27-7-8-30(36(38)39)29(17-27)33-22(3)32-18-23-13-24(19-32)15-25(14-23)20-32/h4-8,16-17,21-25,33H,9-15,18-20H2,1-3H3. The van der Waals surface area contributed by atoms with Gasteiger partial charge in [-0.15, -0.1) is 0 Å². The molecule has 5 aliphatic rings. The second kappa shape index (κ2) is 10.6. The zero-order chi connectivity index (χ0) is 28.0. The van der Waals surface area contributed by atoms with E-state index in [0.717, 1.165) is 23.4 Å². The molecule has 2 aromatic carbocycles. The highest BCUT2D eigenvalue weighted by molar-refractivity contribution is 5.94. The Balaban J connectivity index is 1.14. The molecule has 40 heavy (non-hydrogen) atoms. The highest BCUT2D eigenvalue weighted by atomic mass is 16.6. The number of amides is 1. The van der Waals surface area contributed by atoms with Crippen LogP contribution in [0.25, 0.3) is 0 Å². The Morgan fingerprint density at radius 2 is 1.62 bits per heavy atom. The first-order valence-electron chi connectivity index (χ1n) is 15.0. The number of piperazine rings is 1. The molecule has 1 atom stereocenters. The van der Waals surface area contributed by atoms with E-state index in [-0.39, 0.29) is 34.1 Å². The molecule has 1 N–H and O–H groups in total. The minimum absolute atomic E-state index is 0.00399. The summed E-state index contributed by atoms with van der Waals surface area (Å²) in [6.45, 7) is 8.73. The van der Waals surface area contributed by atoms with Gasteiger partial charge in [-0.2, -0.15) is 0 Å². The van der Waals surface area contributed by atoms with Crippen molar-refractivity contribution in [3.8, 4) is 5.75 Å². The number of rotatable bonds is 8. The Kier molecular flexibility index (Phi) is 7.13. The molecule has 4 bridgehead atoms. The van der Waals surface area contributed by atoms with Gasteiger partial charge in [0.25, 0.3) is 11.6 Å². The monoisotopic (exact) mass is 546 g/mol. The Labute approximate surface area is 237 Å². The molecule has 4 saturated carbocycles. The summed E-state index contributed by atoms with van der Waals surface area (Å²) in [4.78, 5) is 29.0. The van der Waals surface area contributed by atoms with Crippen molar-refractivity contribution >= 4 is 23.0 Å². The van der Waals surface area contributed by atoms with Crippen molar-refractivity contribution < 1.29 is 14.5 Å². The van der Waals surface area contributed by atoms with Crippen LogP contribution in [0.4, 0.5) is 17.1 Å². The van der Waals surface area contributed by atoms with Crippen LogP contribution in [0, 0.1) is 33.3 Å². The molecule has 4 aliphatic carbocycles. The van der Waals surface area contributed by atoms with Crippen molar-refractivity contribution in [2.45, 2.75) is 71.4 Å². The maximum atomic E-state index is 13.2. The predicted molar refractivity (Wildman–Crippen MR) is 157 cm³/mol. The molecule has 8 heteroatoms. The number of nitro groups is 1. The number of nitro benzene ring substituents is 1. The Hall–Kier alpha value is -3.29. The van der Waals surface area contributed by atoms with Gasteiger partial charge in [0.05, 0.1) is 11.0 Å². The first kappa shape index (κ1) is 26.9. The fraction of sp³-hybridized carbons (Fsp3) is 0.594. The predicted octanol–water partition coefficient (Wildman–Crippen LogP) is 6.36. The smallest absolute Gasteiger partial charge is 0.292 e. The van der Waals surface area contributed by atoms with E-state index in [9.17, 15) is 14.9 Å². The number of hydrogen-bond acceptors (Lipinski definition) is 6. The number of hydrogen-bond donors (Lipinski definition) is 1. The number of nitrogens with one attached hydrogen (secondary N) is 1. The van der Waals surface area contributed by atoms with Crippen LogP contribution < -0.4 is 15.0 Å². The van der Waals surface area contributed by atoms with E-state index in [1.807, 2.05) is 55.1 Å². The molecule has 1 heterocycles. The number of carbonyl (C=O) groups excluding carboxylic acids is 1. The van der Waals surface area contributed by atoms with E-state index in [4.69, 9.17) is 4.74 Å². The topological polar surface area (TPSA) is 88.0 Å². The second-order valence-corrected chi connectivity index (χ2v) is 13.1. The van der Waals surface area contributed by atoms with Crippen molar-refractivity contribution in [3.05, 3.63) is 58.1 Å². The molecule has 0 spiro atoms. The summed E-state index contributed by atoms with van der Waals surface area (Å²) >= 11 is 0. The van der Waals surface area contributed by atoms with Crippen molar-refractivity contribution in [1.29, 1.82) is 0 Å². The molecule has 1 amide bonds. The SMILES string of the molecule is CC(C)Oc1cccc(C(=O)N2CCN(c3ccc([N+](=O)[O-])c(NC(C)C45CC6CC(CC(C6)C4)C5)c3)CC2)c1. The molecule has 1 saturated heterocycles. The van der Waals surface area contributed by atoms with Gasteiger partial charge in [0.1, 0.15) is 11.4 Å². The largest absolute Gasteiger partial charge is 0.491 e. The second-order valence-electron chi connectivity index (χ2n) is 13.1. The van der Waals surface area contributed by atoms with Gasteiger partial charge in [0.2, 0.25) is 0 Å². The zero-order valence-corrected chi connectivity index (χ0v) is 24.0. The van der Waals surface area contributed by atoms with Crippen LogP contribution >= 0.6 is 0 Å². The molecule has 0 aromatic heterocycles. The Morgan fingerprint density at radius 1 is 0.975 bits per heavy atom. The number of benzene rings is 2. The van der Waals surface area contributed by atoms with Crippen molar-refractivity contribution in [2.24, 2.45) is 23.2 Å². The summed E-state index contributed by atoms with van der Waals surface area (Å²) in [5, 5.41) is 15.6. The van der Waals surface area contributed by atoms with Crippen LogP contribution in [0.3, 0.4) is 0 Å². The molecule has 7 rings (SSSR count). The molecule has 2 aromatic rings. The van der Waals surface area contributed by atoms with Crippen LogP contribution in [-0.4, -0.2) is 54.1 Å². The lowest BCUT2D eigenvalue weighted by molar-refractivity contribution is -0.384. The maximum Gasteiger partial charge on any atom is 0.292 e. The third-order valence-corrected chi connectivity index (χ3v) is 9.94. The van der Waals surface area contributed by atoms with E-state index in [1.54, 1.807) is 6.07 Å². The summed E-state index contributed by atoms with van der Waals surface area (Å²) in [6, 6.07) is 13.0. The third-order valence-electron chi connectivity index (χ3n) is 9.94. The molecule has 1 aliphatic heterocycles. The molecular formula is C32H42N4O4. The van der Waals surface area contributed by atoms with Crippen LogP contribution in [-0.2, 0) is 0 Å².